The molecule has 0 N–H and O–H groups in total. The normalized spacial score (nSPS) is 11.8. The number of aromatic nitrogens is 1. The quantitative estimate of drug-likeness (QED) is 0.287. The predicted molar refractivity (Wildman–Crippen MR) is 133 cm³/mol. The van der Waals surface area contributed by atoms with Crippen molar-refractivity contribution in [2.24, 2.45) is 0 Å². The van der Waals surface area contributed by atoms with Crippen LogP contribution in [0.25, 0.3) is 55.1 Å². The highest BCUT2D eigenvalue weighted by atomic mass is 16.3. The van der Waals surface area contributed by atoms with Gasteiger partial charge in [0.1, 0.15) is 16.7 Å². The lowest BCUT2D eigenvalue weighted by atomic mass is 10.0. The Bertz CT molecular complexity index is 1790. The van der Waals surface area contributed by atoms with E-state index in [1.54, 1.807) is 0 Å². The van der Waals surface area contributed by atoms with Gasteiger partial charge in [0.05, 0.1) is 11.9 Å². The zero-order valence-electron chi connectivity index (χ0n) is 17.8. The van der Waals surface area contributed by atoms with Crippen LogP contribution in [0.4, 0.5) is 0 Å². The second kappa shape index (κ2) is 7.07. The maximum Gasteiger partial charge on any atom is 0.153 e. The van der Waals surface area contributed by atoms with Crippen molar-refractivity contribution < 1.29 is 8.83 Å². The average molecular weight is 425 g/mol. The maximum atomic E-state index is 6.13. The van der Waals surface area contributed by atoms with Crippen LogP contribution < -0.4 is 0 Å². The number of hydrogen-bond donors (Lipinski definition) is 0. The molecule has 3 nitrogen and oxygen atoms in total. The van der Waals surface area contributed by atoms with Gasteiger partial charge in [-0.15, -0.1) is 0 Å². The zero-order chi connectivity index (χ0) is 21.8. The van der Waals surface area contributed by atoms with Crippen LogP contribution in [0.5, 0.6) is 0 Å². The molecule has 7 rings (SSSR count). The largest absolute Gasteiger partial charge is 0.456 e. The van der Waals surface area contributed by atoms with E-state index in [-0.39, 0.29) is 0 Å². The summed E-state index contributed by atoms with van der Waals surface area (Å²) in [6.45, 7) is 0. The first kappa shape index (κ1) is 18.2. The van der Waals surface area contributed by atoms with Gasteiger partial charge in [-0.3, -0.25) is 4.98 Å². The highest BCUT2D eigenvalue weighted by Crippen LogP contribution is 2.35. The van der Waals surface area contributed by atoms with Crippen molar-refractivity contribution in [2.45, 2.75) is 6.42 Å². The van der Waals surface area contributed by atoms with Crippen molar-refractivity contribution in [3.8, 4) is 11.3 Å². The molecule has 0 unspecified atom stereocenters. The summed E-state index contributed by atoms with van der Waals surface area (Å²) >= 11 is 0. The fourth-order valence-corrected chi connectivity index (χ4v) is 4.71. The Morgan fingerprint density at radius 2 is 1.21 bits per heavy atom. The number of benzene rings is 4. The Morgan fingerprint density at radius 3 is 2.12 bits per heavy atom. The van der Waals surface area contributed by atoms with Gasteiger partial charge in [-0.05, 0) is 60.0 Å². The van der Waals surface area contributed by atoms with Crippen LogP contribution in [-0.2, 0) is 6.42 Å². The van der Waals surface area contributed by atoms with Gasteiger partial charge in [0.25, 0.3) is 0 Å². The topological polar surface area (TPSA) is 39.2 Å². The van der Waals surface area contributed by atoms with E-state index in [0.29, 0.717) is 0 Å². The fourth-order valence-electron chi connectivity index (χ4n) is 4.71. The number of pyridine rings is 1. The number of para-hydroxylation sites is 1. The molecule has 0 bridgehead atoms. The van der Waals surface area contributed by atoms with Crippen molar-refractivity contribution in [1.82, 2.24) is 4.98 Å². The minimum Gasteiger partial charge on any atom is -0.456 e. The van der Waals surface area contributed by atoms with E-state index < -0.39 is 0 Å². The van der Waals surface area contributed by atoms with Crippen LogP contribution in [0.2, 0.25) is 0 Å². The molecule has 3 heteroatoms. The lowest BCUT2D eigenvalue weighted by molar-refractivity contribution is 0.667. The first-order chi connectivity index (χ1) is 16.3. The molecule has 0 amide bonds. The Kier molecular flexibility index (Phi) is 3.91. The molecule has 0 aliphatic heterocycles. The minimum atomic E-state index is 0.806. The number of nitrogens with zero attached hydrogens (tertiary/aromatic N) is 1. The lowest BCUT2D eigenvalue weighted by Crippen LogP contribution is -1.87. The van der Waals surface area contributed by atoms with Crippen molar-refractivity contribution in [2.75, 3.05) is 0 Å². The van der Waals surface area contributed by atoms with E-state index in [1.807, 2.05) is 30.5 Å². The van der Waals surface area contributed by atoms with Crippen LogP contribution in [0.1, 0.15) is 11.1 Å². The SMILES string of the molecule is c1ccc(Cc2ccc3oc4ccc(-c5cc6c(cn5)oc5ccccc56)cc4c3c2)cc1. The Labute approximate surface area is 189 Å². The summed E-state index contributed by atoms with van der Waals surface area (Å²) < 4.78 is 12.1. The molecule has 33 heavy (non-hydrogen) atoms. The van der Waals surface area contributed by atoms with Crippen LogP contribution in [-0.4, -0.2) is 4.98 Å². The molecule has 4 aromatic carbocycles. The highest BCUT2D eigenvalue weighted by molar-refractivity contribution is 6.08. The van der Waals surface area contributed by atoms with Gasteiger partial charge in [0.15, 0.2) is 5.58 Å². The number of hydrogen-bond acceptors (Lipinski definition) is 3. The Morgan fingerprint density at radius 1 is 0.515 bits per heavy atom. The van der Waals surface area contributed by atoms with Crippen LogP contribution in [0.15, 0.2) is 112 Å². The summed E-state index contributed by atoms with van der Waals surface area (Å²) in [4.78, 5) is 4.69. The summed E-state index contributed by atoms with van der Waals surface area (Å²) in [6, 6.07) is 33.5. The van der Waals surface area contributed by atoms with Gasteiger partial charge >= 0.3 is 0 Å². The summed E-state index contributed by atoms with van der Waals surface area (Å²) in [5, 5.41) is 4.43. The number of rotatable bonds is 3. The molecule has 7 aromatic rings. The molecule has 156 valence electrons. The lowest BCUT2D eigenvalue weighted by Gasteiger charge is -2.03. The third-order valence-corrected chi connectivity index (χ3v) is 6.35. The van der Waals surface area contributed by atoms with Gasteiger partial charge in [0, 0.05) is 27.1 Å². The van der Waals surface area contributed by atoms with Gasteiger partial charge in [-0.2, -0.15) is 0 Å². The molecule has 3 aromatic heterocycles. The van der Waals surface area contributed by atoms with Gasteiger partial charge in [0.2, 0.25) is 0 Å². The number of fused-ring (bicyclic) bond motifs is 6. The molecule has 0 saturated carbocycles. The van der Waals surface area contributed by atoms with E-state index in [0.717, 1.165) is 61.6 Å². The first-order valence-electron chi connectivity index (χ1n) is 11.1. The van der Waals surface area contributed by atoms with E-state index in [4.69, 9.17) is 13.8 Å². The third-order valence-electron chi connectivity index (χ3n) is 6.35. The molecule has 0 spiro atoms. The third kappa shape index (κ3) is 3.01. The van der Waals surface area contributed by atoms with Crippen molar-refractivity contribution in [3.63, 3.8) is 0 Å². The summed E-state index contributed by atoms with van der Waals surface area (Å²) in [7, 11) is 0. The molecule has 0 saturated heterocycles. The molecular weight excluding hydrogens is 406 g/mol. The van der Waals surface area contributed by atoms with Gasteiger partial charge in [-0.25, -0.2) is 0 Å². The standard InChI is InChI=1S/C30H19NO2/c1-2-6-19(7-3-1)14-20-10-12-28-23(15-20)24-16-21(11-13-29(24)32-28)26-17-25-22-8-4-5-9-27(22)33-30(25)18-31-26/h1-13,15-18H,14H2. The van der Waals surface area contributed by atoms with Crippen LogP contribution >= 0.6 is 0 Å². The molecule has 0 aliphatic carbocycles. The summed E-state index contributed by atoms with van der Waals surface area (Å²) in [6.07, 6.45) is 2.72. The van der Waals surface area contributed by atoms with E-state index in [9.17, 15) is 0 Å². The summed E-state index contributed by atoms with van der Waals surface area (Å²) in [5.74, 6) is 0. The fraction of sp³-hybridized carbons (Fsp3) is 0.0333. The molecular formula is C30H19NO2. The molecule has 0 aliphatic rings. The second-order valence-electron chi connectivity index (χ2n) is 8.47. The first-order valence-corrected chi connectivity index (χ1v) is 11.1. The van der Waals surface area contributed by atoms with E-state index >= 15 is 0 Å². The monoisotopic (exact) mass is 425 g/mol. The Hall–Kier alpha value is -4.37. The smallest absolute Gasteiger partial charge is 0.153 e. The maximum absolute atomic E-state index is 6.13. The van der Waals surface area contributed by atoms with E-state index in [1.165, 1.54) is 11.1 Å². The zero-order valence-corrected chi connectivity index (χ0v) is 17.8. The molecule has 0 atom stereocenters. The predicted octanol–water partition coefficient (Wildman–Crippen LogP) is 8.14. The van der Waals surface area contributed by atoms with E-state index in [2.05, 4.69) is 72.8 Å². The molecule has 3 heterocycles. The molecule has 0 radical (unpaired) electrons. The highest BCUT2D eigenvalue weighted by Gasteiger charge is 2.12. The Balaban J connectivity index is 1.36. The van der Waals surface area contributed by atoms with Crippen LogP contribution in [0, 0.1) is 0 Å². The van der Waals surface area contributed by atoms with Gasteiger partial charge < -0.3 is 8.83 Å². The number of furan rings is 2. The average Bonchev–Trinajstić information content (AvgIpc) is 3.42. The van der Waals surface area contributed by atoms with Crippen molar-refractivity contribution in [1.29, 1.82) is 0 Å². The van der Waals surface area contributed by atoms with Crippen molar-refractivity contribution in [3.05, 3.63) is 114 Å². The van der Waals surface area contributed by atoms with Gasteiger partial charge in [-0.1, -0.05) is 54.6 Å². The summed E-state index contributed by atoms with van der Waals surface area (Å²) in [5.41, 5.74) is 8.04. The minimum absolute atomic E-state index is 0.806. The van der Waals surface area contributed by atoms with Crippen LogP contribution in [0.3, 0.4) is 0 Å². The van der Waals surface area contributed by atoms with Crippen molar-refractivity contribution >= 4 is 43.9 Å². The second-order valence-corrected chi connectivity index (χ2v) is 8.47. The molecule has 0 fully saturated rings.